The van der Waals surface area contributed by atoms with Gasteiger partial charge in [0.1, 0.15) is 12.4 Å². The highest BCUT2D eigenvalue weighted by Gasteiger charge is 2.09. The molecule has 0 saturated heterocycles. The summed E-state index contributed by atoms with van der Waals surface area (Å²) >= 11 is 0. The third-order valence-corrected chi connectivity index (χ3v) is 3.29. The van der Waals surface area contributed by atoms with Crippen LogP contribution in [-0.4, -0.2) is 9.97 Å². The number of benzene rings is 1. The molecule has 5 nitrogen and oxygen atoms in total. The lowest BCUT2D eigenvalue weighted by atomic mass is 9.98. The number of nitrogens with two attached hydrogens (primary N) is 1. The molecule has 0 spiro atoms. The number of rotatable bonds is 6. The van der Waals surface area contributed by atoms with Crippen molar-refractivity contribution in [1.29, 1.82) is 0 Å². The molecule has 0 aliphatic heterocycles. The van der Waals surface area contributed by atoms with Gasteiger partial charge in [0.25, 0.3) is 0 Å². The smallest absolute Gasteiger partial charge is 0.158 e. The van der Waals surface area contributed by atoms with Crippen molar-refractivity contribution >= 4 is 5.82 Å². The number of nitrogens with zero attached hydrogens (tertiary/aromatic N) is 2. The molecule has 0 aliphatic carbocycles. The molecule has 106 valence electrons. The summed E-state index contributed by atoms with van der Waals surface area (Å²) in [5.41, 5.74) is 4.44. The van der Waals surface area contributed by atoms with Crippen molar-refractivity contribution in [3.63, 3.8) is 0 Å². The highest BCUT2D eigenvalue weighted by Crippen LogP contribution is 2.28. The van der Waals surface area contributed by atoms with Gasteiger partial charge in [0.15, 0.2) is 5.82 Å². The average molecular weight is 272 g/mol. The van der Waals surface area contributed by atoms with Gasteiger partial charge in [-0.3, -0.25) is 4.98 Å². The zero-order valence-electron chi connectivity index (χ0n) is 11.8. The third kappa shape index (κ3) is 3.45. The summed E-state index contributed by atoms with van der Waals surface area (Å²) < 4.78 is 5.87. The van der Waals surface area contributed by atoms with E-state index in [1.807, 2.05) is 18.2 Å². The maximum atomic E-state index is 5.87. The Bertz CT molecular complexity index is 542. The van der Waals surface area contributed by atoms with Gasteiger partial charge < -0.3 is 10.2 Å². The van der Waals surface area contributed by atoms with Gasteiger partial charge in [-0.05, 0) is 24.0 Å². The van der Waals surface area contributed by atoms with E-state index in [2.05, 4.69) is 35.3 Å². The lowest BCUT2D eigenvalue weighted by molar-refractivity contribution is 0.296. The van der Waals surface area contributed by atoms with Crippen LogP contribution in [0.5, 0.6) is 5.75 Å². The van der Waals surface area contributed by atoms with E-state index in [0.29, 0.717) is 18.3 Å². The number of nitrogen functional groups attached to an aromatic ring is 1. The van der Waals surface area contributed by atoms with Gasteiger partial charge >= 0.3 is 0 Å². The molecule has 2 aromatic rings. The van der Waals surface area contributed by atoms with E-state index in [4.69, 9.17) is 10.6 Å². The molecular formula is C15H20N4O. The topological polar surface area (TPSA) is 73.1 Å². The number of ether oxygens (including phenoxy) is 1. The van der Waals surface area contributed by atoms with Crippen molar-refractivity contribution in [2.75, 3.05) is 5.43 Å². The van der Waals surface area contributed by atoms with E-state index in [0.717, 1.165) is 17.9 Å². The first kappa shape index (κ1) is 14.3. The maximum absolute atomic E-state index is 5.87. The molecule has 1 heterocycles. The Kier molecular flexibility index (Phi) is 4.90. The monoisotopic (exact) mass is 272 g/mol. The molecule has 0 bridgehead atoms. The Hall–Kier alpha value is -2.14. The minimum Gasteiger partial charge on any atom is -0.487 e. The summed E-state index contributed by atoms with van der Waals surface area (Å²) in [5.74, 6) is 7.17. The first-order valence-corrected chi connectivity index (χ1v) is 6.73. The zero-order valence-corrected chi connectivity index (χ0v) is 11.8. The first-order valence-electron chi connectivity index (χ1n) is 6.73. The van der Waals surface area contributed by atoms with Crippen molar-refractivity contribution in [2.24, 2.45) is 5.84 Å². The predicted octanol–water partition coefficient (Wildman–Crippen LogP) is 2.85. The average Bonchev–Trinajstić information content (AvgIpc) is 2.53. The molecule has 20 heavy (non-hydrogen) atoms. The van der Waals surface area contributed by atoms with Crippen LogP contribution in [0.4, 0.5) is 5.82 Å². The van der Waals surface area contributed by atoms with E-state index in [1.54, 1.807) is 12.4 Å². The molecule has 0 radical (unpaired) electrons. The second-order valence-corrected chi connectivity index (χ2v) is 4.67. The number of anilines is 1. The molecule has 1 unspecified atom stereocenters. The van der Waals surface area contributed by atoms with Crippen LogP contribution < -0.4 is 16.0 Å². The van der Waals surface area contributed by atoms with Crippen molar-refractivity contribution < 1.29 is 4.74 Å². The molecular weight excluding hydrogens is 252 g/mol. The molecule has 1 aromatic heterocycles. The lowest BCUT2D eigenvalue weighted by Gasteiger charge is -2.15. The van der Waals surface area contributed by atoms with Gasteiger partial charge in [-0.25, -0.2) is 10.8 Å². The number of hydrazine groups is 1. The Balaban J connectivity index is 2.06. The van der Waals surface area contributed by atoms with Gasteiger partial charge in [0.2, 0.25) is 0 Å². The quantitative estimate of drug-likeness (QED) is 0.625. The van der Waals surface area contributed by atoms with E-state index >= 15 is 0 Å². The van der Waals surface area contributed by atoms with Gasteiger partial charge in [0, 0.05) is 0 Å². The van der Waals surface area contributed by atoms with Crippen molar-refractivity contribution in [1.82, 2.24) is 9.97 Å². The number of nitrogens with one attached hydrogen (secondary N) is 1. The molecule has 0 saturated carbocycles. The third-order valence-electron chi connectivity index (χ3n) is 3.29. The predicted molar refractivity (Wildman–Crippen MR) is 79.3 cm³/mol. The molecule has 1 atom stereocenters. The van der Waals surface area contributed by atoms with Gasteiger partial charge in [-0.2, -0.15) is 0 Å². The van der Waals surface area contributed by atoms with Crippen LogP contribution in [0.15, 0.2) is 36.7 Å². The van der Waals surface area contributed by atoms with Crippen LogP contribution in [0, 0.1) is 0 Å². The summed E-state index contributed by atoms with van der Waals surface area (Å²) in [7, 11) is 0. The van der Waals surface area contributed by atoms with Crippen molar-refractivity contribution in [3.8, 4) is 5.75 Å². The molecule has 1 aromatic carbocycles. The summed E-state index contributed by atoms with van der Waals surface area (Å²) in [6.07, 6.45) is 4.32. The Morgan fingerprint density at radius 2 is 2.05 bits per heavy atom. The number of hydrogen-bond acceptors (Lipinski definition) is 5. The van der Waals surface area contributed by atoms with Crippen LogP contribution in [0.2, 0.25) is 0 Å². The van der Waals surface area contributed by atoms with Crippen molar-refractivity contribution in [2.45, 2.75) is 32.8 Å². The Morgan fingerprint density at radius 3 is 2.70 bits per heavy atom. The Labute approximate surface area is 119 Å². The fourth-order valence-electron chi connectivity index (χ4n) is 1.89. The standard InChI is InChI=1S/C15H20N4O/c1-3-11(2)13-6-4-5-7-14(13)20-10-12-8-18-15(19-16)9-17-12/h4-9,11H,3,10,16H2,1-2H3,(H,18,19). The van der Waals surface area contributed by atoms with E-state index in [9.17, 15) is 0 Å². The summed E-state index contributed by atoms with van der Waals surface area (Å²) in [6, 6.07) is 8.12. The first-order chi connectivity index (χ1) is 9.74. The van der Waals surface area contributed by atoms with Crippen LogP contribution in [0.1, 0.15) is 37.4 Å². The van der Waals surface area contributed by atoms with Crippen LogP contribution in [0.3, 0.4) is 0 Å². The minimum atomic E-state index is 0.394. The zero-order chi connectivity index (χ0) is 14.4. The van der Waals surface area contributed by atoms with E-state index in [1.165, 1.54) is 5.56 Å². The fourth-order valence-corrected chi connectivity index (χ4v) is 1.89. The SMILES string of the molecule is CCC(C)c1ccccc1OCc1cnc(NN)cn1. The van der Waals surface area contributed by atoms with Gasteiger partial charge in [-0.1, -0.05) is 32.0 Å². The summed E-state index contributed by atoms with van der Waals surface area (Å²) in [6.45, 7) is 4.76. The molecule has 5 heteroatoms. The van der Waals surface area contributed by atoms with E-state index in [-0.39, 0.29) is 0 Å². The van der Waals surface area contributed by atoms with Crippen LogP contribution in [-0.2, 0) is 6.61 Å². The van der Waals surface area contributed by atoms with Crippen LogP contribution in [0.25, 0.3) is 0 Å². The van der Waals surface area contributed by atoms with E-state index < -0.39 is 0 Å². The molecule has 0 fully saturated rings. The second-order valence-electron chi connectivity index (χ2n) is 4.67. The normalized spacial score (nSPS) is 11.9. The van der Waals surface area contributed by atoms with Gasteiger partial charge in [-0.15, -0.1) is 0 Å². The van der Waals surface area contributed by atoms with Crippen LogP contribution >= 0.6 is 0 Å². The lowest BCUT2D eigenvalue weighted by Crippen LogP contribution is -2.09. The Morgan fingerprint density at radius 1 is 1.25 bits per heavy atom. The highest BCUT2D eigenvalue weighted by atomic mass is 16.5. The number of para-hydroxylation sites is 1. The molecule has 3 N–H and O–H groups in total. The number of aromatic nitrogens is 2. The molecule has 0 aliphatic rings. The fraction of sp³-hybridized carbons (Fsp3) is 0.333. The molecule has 0 amide bonds. The maximum Gasteiger partial charge on any atom is 0.158 e. The largest absolute Gasteiger partial charge is 0.487 e. The molecule has 2 rings (SSSR count). The highest BCUT2D eigenvalue weighted by molar-refractivity contribution is 5.36. The number of hydrogen-bond donors (Lipinski definition) is 2. The van der Waals surface area contributed by atoms with Gasteiger partial charge in [0.05, 0.1) is 18.1 Å². The second kappa shape index (κ2) is 6.86. The summed E-state index contributed by atoms with van der Waals surface area (Å²) in [5, 5.41) is 0. The minimum absolute atomic E-state index is 0.394. The van der Waals surface area contributed by atoms with Crippen molar-refractivity contribution in [3.05, 3.63) is 47.9 Å². The summed E-state index contributed by atoms with van der Waals surface area (Å²) in [4.78, 5) is 8.33.